The maximum absolute atomic E-state index is 12.1. The SMILES string of the molecule is CC(=O)OC[C@@H](O)COC(=O)C[C@H](C)CCC1=C(C)CC[C@@H]2C(C)(C)CCC[C@@]12C. The summed E-state index contributed by atoms with van der Waals surface area (Å²) in [4.78, 5) is 22.9. The van der Waals surface area contributed by atoms with Crippen molar-refractivity contribution in [1.82, 2.24) is 0 Å². The molecule has 2 rings (SSSR count). The first-order valence-electron chi connectivity index (χ1n) is 11.6. The van der Waals surface area contributed by atoms with Gasteiger partial charge in [-0.05, 0) is 68.1 Å². The smallest absolute Gasteiger partial charge is 0.306 e. The number of carbonyl (C=O) groups is 2. The molecule has 1 fully saturated rings. The second-order valence-electron chi connectivity index (χ2n) is 10.6. The maximum atomic E-state index is 12.1. The van der Waals surface area contributed by atoms with E-state index in [1.165, 1.54) is 39.0 Å². The Morgan fingerprint density at radius 2 is 1.83 bits per heavy atom. The lowest BCUT2D eigenvalue weighted by molar-refractivity contribution is -0.151. The van der Waals surface area contributed by atoms with Gasteiger partial charge in [-0.2, -0.15) is 0 Å². The third-order valence-corrected chi connectivity index (χ3v) is 7.56. The summed E-state index contributed by atoms with van der Waals surface area (Å²) >= 11 is 0. The van der Waals surface area contributed by atoms with Crippen LogP contribution in [0.1, 0.15) is 92.9 Å². The lowest BCUT2D eigenvalue weighted by Crippen LogP contribution is -2.45. The van der Waals surface area contributed by atoms with Gasteiger partial charge in [-0.15, -0.1) is 0 Å². The fraction of sp³-hybridized carbons (Fsp3) is 0.840. The van der Waals surface area contributed by atoms with Crippen LogP contribution in [0.15, 0.2) is 11.1 Å². The summed E-state index contributed by atoms with van der Waals surface area (Å²) in [6, 6.07) is 0. The van der Waals surface area contributed by atoms with Crippen molar-refractivity contribution in [3.05, 3.63) is 11.1 Å². The van der Waals surface area contributed by atoms with Crippen molar-refractivity contribution in [2.24, 2.45) is 22.7 Å². The third-order valence-electron chi connectivity index (χ3n) is 7.56. The van der Waals surface area contributed by atoms with E-state index in [1.54, 1.807) is 11.1 Å². The number of allylic oxidation sites excluding steroid dienone is 2. The third kappa shape index (κ3) is 6.32. The molecule has 30 heavy (non-hydrogen) atoms. The van der Waals surface area contributed by atoms with Gasteiger partial charge in [0.1, 0.15) is 19.3 Å². The molecule has 172 valence electrons. The van der Waals surface area contributed by atoms with Gasteiger partial charge in [-0.25, -0.2) is 0 Å². The summed E-state index contributed by atoms with van der Waals surface area (Å²) in [5, 5.41) is 9.70. The molecule has 0 radical (unpaired) electrons. The van der Waals surface area contributed by atoms with Crippen LogP contribution in [0.2, 0.25) is 0 Å². The van der Waals surface area contributed by atoms with Gasteiger partial charge in [-0.1, -0.05) is 45.3 Å². The molecule has 0 saturated heterocycles. The Balaban J connectivity index is 1.85. The fourth-order valence-electron chi connectivity index (χ4n) is 5.98. The molecule has 2 aliphatic rings. The Labute approximate surface area is 182 Å². The van der Waals surface area contributed by atoms with Crippen molar-refractivity contribution in [1.29, 1.82) is 0 Å². The largest absolute Gasteiger partial charge is 0.463 e. The van der Waals surface area contributed by atoms with E-state index in [1.807, 2.05) is 0 Å². The van der Waals surface area contributed by atoms with E-state index < -0.39 is 12.1 Å². The molecular formula is C25H42O5. The Hall–Kier alpha value is -1.36. The van der Waals surface area contributed by atoms with Crippen molar-refractivity contribution in [2.75, 3.05) is 13.2 Å². The molecule has 0 aromatic rings. The highest BCUT2D eigenvalue weighted by molar-refractivity contribution is 5.69. The normalized spacial score (nSPS) is 27.8. The molecule has 1 saturated carbocycles. The summed E-state index contributed by atoms with van der Waals surface area (Å²) in [5.41, 5.74) is 3.91. The molecule has 0 bridgehead atoms. The van der Waals surface area contributed by atoms with Crippen LogP contribution in [0, 0.1) is 22.7 Å². The standard InChI is InChI=1S/C25H42O5/c1-17(14-23(28)30-16-20(27)15-29-19(3)26)8-10-21-18(2)9-11-22-24(4,5)12-7-13-25(21,22)6/h17,20,22,27H,7-16H2,1-6H3/t17-,20-,22-,25+/m1/s1. The van der Waals surface area contributed by atoms with Gasteiger partial charge in [0, 0.05) is 13.3 Å². The minimum atomic E-state index is -0.977. The zero-order chi connectivity index (χ0) is 22.5. The number of esters is 2. The van der Waals surface area contributed by atoms with Crippen LogP contribution in [0.4, 0.5) is 0 Å². The van der Waals surface area contributed by atoms with E-state index in [-0.39, 0.29) is 25.1 Å². The minimum absolute atomic E-state index is 0.141. The quantitative estimate of drug-likeness (QED) is 0.408. The first-order chi connectivity index (χ1) is 14.0. The highest BCUT2D eigenvalue weighted by atomic mass is 16.6. The zero-order valence-electron chi connectivity index (χ0n) is 19.9. The van der Waals surface area contributed by atoms with E-state index in [0.717, 1.165) is 18.8 Å². The van der Waals surface area contributed by atoms with Crippen molar-refractivity contribution in [3.8, 4) is 0 Å². The van der Waals surface area contributed by atoms with Crippen LogP contribution in [0.3, 0.4) is 0 Å². The van der Waals surface area contributed by atoms with Gasteiger partial charge in [-0.3, -0.25) is 9.59 Å². The molecule has 0 heterocycles. The predicted octanol–water partition coefficient (Wildman–Crippen LogP) is 5.20. The van der Waals surface area contributed by atoms with Crippen LogP contribution in [-0.2, 0) is 19.1 Å². The molecule has 2 aliphatic carbocycles. The Morgan fingerprint density at radius 3 is 2.50 bits per heavy atom. The van der Waals surface area contributed by atoms with Crippen molar-refractivity contribution in [2.45, 2.75) is 99.0 Å². The molecule has 0 aromatic heterocycles. The van der Waals surface area contributed by atoms with Crippen LogP contribution < -0.4 is 0 Å². The molecule has 5 nitrogen and oxygen atoms in total. The van der Waals surface area contributed by atoms with Gasteiger partial charge in [0.2, 0.25) is 0 Å². The predicted molar refractivity (Wildman–Crippen MR) is 118 cm³/mol. The Bertz CT molecular complexity index is 650. The van der Waals surface area contributed by atoms with Gasteiger partial charge in [0.25, 0.3) is 0 Å². The number of aliphatic hydroxyl groups excluding tert-OH is 1. The Kier molecular flexibility index (Phi) is 8.55. The van der Waals surface area contributed by atoms with Gasteiger partial charge < -0.3 is 14.6 Å². The number of rotatable bonds is 9. The van der Waals surface area contributed by atoms with Crippen LogP contribution >= 0.6 is 0 Å². The average Bonchev–Trinajstić information content (AvgIpc) is 2.63. The molecule has 5 heteroatoms. The Morgan fingerprint density at radius 1 is 1.17 bits per heavy atom. The zero-order valence-corrected chi connectivity index (χ0v) is 19.9. The number of carbonyl (C=O) groups excluding carboxylic acids is 2. The highest BCUT2D eigenvalue weighted by Crippen LogP contribution is 2.60. The molecule has 0 aromatic carbocycles. The van der Waals surface area contributed by atoms with E-state index in [9.17, 15) is 14.7 Å². The van der Waals surface area contributed by atoms with Crippen molar-refractivity contribution >= 4 is 11.9 Å². The van der Waals surface area contributed by atoms with Crippen LogP contribution in [0.5, 0.6) is 0 Å². The van der Waals surface area contributed by atoms with Crippen molar-refractivity contribution in [3.63, 3.8) is 0 Å². The highest BCUT2D eigenvalue weighted by Gasteiger charge is 2.49. The lowest BCUT2D eigenvalue weighted by atomic mass is 9.50. The monoisotopic (exact) mass is 422 g/mol. The van der Waals surface area contributed by atoms with Gasteiger partial charge in [0.15, 0.2) is 0 Å². The second kappa shape index (κ2) is 10.3. The molecule has 0 spiro atoms. The average molecular weight is 423 g/mol. The lowest BCUT2D eigenvalue weighted by Gasteiger charge is -2.55. The topological polar surface area (TPSA) is 72.8 Å². The maximum Gasteiger partial charge on any atom is 0.306 e. The summed E-state index contributed by atoms with van der Waals surface area (Å²) in [7, 11) is 0. The van der Waals surface area contributed by atoms with Crippen molar-refractivity contribution < 1.29 is 24.2 Å². The van der Waals surface area contributed by atoms with E-state index >= 15 is 0 Å². The molecule has 0 unspecified atom stereocenters. The number of fused-ring (bicyclic) bond motifs is 1. The fourth-order valence-corrected chi connectivity index (χ4v) is 5.98. The minimum Gasteiger partial charge on any atom is -0.463 e. The van der Waals surface area contributed by atoms with E-state index in [0.29, 0.717) is 17.3 Å². The summed E-state index contributed by atoms with van der Waals surface area (Å²) in [5.74, 6) is 0.209. The first kappa shape index (κ1) is 24.9. The molecule has 0 aliphatic heterocycles. The molecule has 4 atom stereocenters. The van der Waals surface area contributed by atoms with Gasteiger partial charge in [0.05, 0.1) is 0 Å². The summed E-state index contributed by atoms with van der Waals surface area (Å²) in [6.45, 7) is 12.8. The molecular weight excluding hydrogens is 380 g/mol. The number of hydrogen-bond acceptors (Lipinski definition) is 5. The van der Waals surface area contributed by atoms with Crippen LogP contribution in [-0.4, -0.2) is 36.4 Å². The van der Waals surface area contributed by atoms with Crippen LogP contribution in [0.25, 0.3) is 0 Å². The summed E-state index contributed by atoms with van der Waals surface area (Å²) in [6.07, 6.45) is 7.81. The van der Waals surface area contributed by atoms with E-state index in [4.69, 9.17) is 9.47 Å². The number of ether oxygens (including phenoxy) is 2. The second-order valence-corrected chi connectivity index (χ2v) is 10.6. The molecule has 1 N–H and O–H groups in total. The summed E-state index contributed by atoms with van der Waals surface area (Å²) < 4.78 is 9.88. The number of hydrogen-bond donors (Lipinski definition) is 1. The van der Waals surface area contributed by atoms with E-state index in [2.05, 4.69) is 34.6 Å². The first-order valence-corrected chi connectivity index (χ1v) is 11.6. The van der Waals surface area contributed by atoms with Gasteiger partial charge >= 0.3 is 11.9 Å². The number of aliphatic hydroxyl groups is 1. The molecule has 0 amide bonds.